The predicted octanol–water partition coefficient (Wildman–Crippen LogP) is 4.75. The Morgan fingerprint density at radius 2 is 1.23 bits per heavy atom. The molecule has 8 heteroatoms. The molecular formula is C14H9N2O3PS2. The van der Waals surface area contributed by atoms with Crippen molar-refractivity contribution in [3.05, 3.63) is 48.5 Å². The maximum Gasteiger partial charge on any atom is 0.422 e. The first-order chi connectivity index (χ1) is 10.8. The molecule has 2 aromatic carbocycles. The highest BCUT2D eigenvalue weighted by Gasteiger charge is 2.12. The molecule has 0 unspecified atom stereocenters. The van der Waals surface area contributed by atoms with Gasteiger partial charge in [0.05, 0.1) is 20.4 Å². The number of fused-ring (bicyclic) bond motifs is 2. The lowest BCUT2D eigenvalue weighted by molar-refractivity contribution is 0.414. The van der Waals surface area contributed by atoms with Gasteiger partial charge >= 0.3 is 8.25 Å². The maximum absolute atomic E-state index is 12.0. The summed E-state index contributed by atoms with van der Waals surface area (Å²) in [5, 5.41) is 0.678. The van der Waals surface area contributed by atoms with Crippen molar-refractivity contribution in [2.24, 2.45) is 0 Å². The van der Waals surface area contributed by atoms with E-state index in [2.05, 4.69) is 9.97 Å². The van der Waals surface area contributed by atoms with Crippen LogP contribution in [0.3, 0.4) is 0 Å². The first-order valence-electron chi connectivity index (χ1n) is 6.39. The largest absolute Gasteiger partial charge is 0.422 e. The van der Waals surface area contributed by atoms with Crippen LogP contribution < -0.4 is 9.05 Å². The minimum atomic E-state index is -2.74. The van der Waals surface area contributed by atoms with Gasteiger partial charge in [-0.05, 0) is 24.3 Å². The van der Waals surface area contributed by atoms with Crippen LogP contribution in [0.1, 0.15) is 0 Å². The van der Waals surface area contributed by atoms with Crippen LogP contribution in [0.5, 0.6) is 10.4 Å². The summed E-state index contributed by atoms with van der Waals surface area (Å²) in [5.74, 6) is 0. The molecule has 0 amide bonds. The Morgan fingerprint density at radius 1 is 0.773 bits per heavy atom. The smallest absolute Gasteiger partial charge is 0.390 e. The van der Waals surface area contributed by atoms with Crippen LogP contribution in [0, 0.1) is 0 Å². The van der Waals surface area contributed by atoms with Crippen molar-refractivity contribution in [1.82, 2.24) is 9.97 Å². The Hall–Kier alpha value is -1.95. The van der Waals surface area contributed by atoms with E-state index in [9.17, 15) is 4.57 Å². The van der Waals surface area contributed by atoms with Crippen molar-refractivity contribution in [2.75, 3.05) is 0 Å². The van der Waals surface area contributed by atoms with E-state index in [-0.39, 0.29) is 0 Å². The van der Waals surface area contributed by atoms with Crippen molar-refractivity contribution in [1.29, 1.82) is 0 Å². The second-order valence-electron chi connectivity index (χ2n) is 4.35. The highest BCUT2D eigenvalue weighted by atomic mass is 32.1. The fourth-order valence-electron chi connectivity index (χ4n) is 1.95. The van der Waals surface area contributed by atoms with E-state index >= 15 is 0 Å². The van der Waals surface area contributed by atoms with Crippen LogP contribution in [0.2, 0.25) is 0 Å². The minimum Gasteiger partial charge on any atom is -0.390 e. The lowest BCUT2D eigenvalue weighted by Gasteiger charge is -2.01. The third kappa shape index (κ3) is 2.70. The average molecular weight is 348 g/mol. The predicted molar refractivity (Wildman–Crippen MR) is 89.5 cm³/mol. The van der Waals surface area contributed by atoms with Gasteiger partial charge in [-0.2, -0.15) is 0 Å². The average Bonchev–Trinajstić information content (AvgIpc) is 3.08. The van der Waals surface area contributed by atoms with Gasteiger partial charge in [-0.15, -0.1) is 0 Å². The summed E-state index contributed by atoms with van der Waals surface area (Å²) in [6, 6.07) is 15.3. The first-order valence-corrected chi connectivity index (χ1v) is 9.24. The van der Waals surface area contributed by atoms with Crippen molar-refractivity contribution >= 4 is 51.4 Å². The van der Waals surface area contributed by atoms with E-state index in [0.717, 1.165) is 20.4 Å². The molecule has 2 heterocycles. The summed E-state index contributed by atoms with van der Waals surface area (Å²) in [5.41, 5.74) is 1.63. The van der Waals surface area contributed by atoms with Crippen LogP contribution in [-0.2, 0) is 4.57 Å². The summed E-state index contributed by atoms with van der Waals surface area (Å²) >= 11 is 2.67. The van der Waals surface area contributed by atoms with E-state index in [4.69, 9.17) is 9.05 Å². The van der Waals surface area contributed by atoms with Crippen molar-refractivity contribution < 1.29 is 13.6 Å². The molecule has 0 aliphatic heterocycles. The van der Waals surface area contributed by atoms with E-state index in [1.165, 1.54) is 22.7 Å². The number of rotatable bonds is 4. The van der Waals surface area contributed by atoms with Gasteiger partial charge in [0, 0.05) is 0 Å². The summed E-state index contributed by atoms with van der Waals surface area (Å²) < 4.78 is 24.6. The van der Waals surface area contributed by atoms with Gasteiger partial charge in [0.2, 0.25) is 0 Å². The Balaban J connectivity index is 1.52. The molecule has 0 bridgehead atoms. The molecule has 22 heavy (non-hydrogen) atoms. The Kier molecular flexibility index (Phi) is 3.54. The fourth-order valence-corrected chi connectivity index (χ4v) is 4.51. The number of nitrogens with zero attached hydrogens (tertiary/aromatic N) is 2. The summed E-state index contributed by atoms with van der Waals surface area (Å²) in [7, 11) is -2.74. The monoisotopic (exact) mass is 348 g/mol. The topological polar surface area (TPSA) is 61.3 Å². The SMILES string of the molecule is O=[PH](Oc1nc2ccccc2s1)Oc1nc2ccccc2s1. The zero-order valence-electron chi connectivity index (χ0n) is 11.1. The third-order valence-corrected chi connectivity index (χ3v) is 5.73. The third-order valence-electron chi connectivity index (χ3n) is 2.89. The van der Waals surface area contributed by atoms with Crippen LogP contribution in [0.4, 0.5) is 0 Å². The Morgan fingerprint density at radius 3 is 1.68 bits per heavy atom. The standard InChI is InChI=1S/C14H9N2O3PS2/c17-20(18-13-15-9-5-1-3-7-11(9)21-13)19-14-16-10-6-2-4-8-12(10)22-14/h1-8,20H. The molecule has 2 aromatic heterocycles. The highest BCUT2D eigenvalue weighted by molar-refractivity contribution is 7.36. The van der Waals surface area contributed by atoms with Crippen LogP contribution >= 0.6 is 30.9 Å². The number of aromatic nitrogens is 2. The normalized spacial score (nSPS) is 11.3. The number of para-hydroxylation sites is 2. The van der Waals surface area contributed by atoms with Gasteiger partial charge in [-0.25, -0.2) is 14.5 Å². The van der Waals surface area contributed by atoms with Gasteiger partial charge in [0.15, 0.2) is 0 Å². The van der Waals surface area contributed by atoms with Crippen LogP contribution in [0.15, 0.2) is 48.5 Å². The number of hydrogen-bond donors (Lipinski definition) is 0. The van der Waals surface area contributed by atoms with Gasteiger partial charge in [-0.1, -0.05) is 46.9 Å². The molecule has 0 fully saturated rings. The maximum atomic E-state index is 12.0. The van der Waals surface area contributed by atoms with E-state index in [0.29, 0.717) is 10.4 Å². The summed E-state index contributed by atoms with van der Waals surface area (Å²) in [4.78, 5) is 8.52. The Labute approximate surface area is 134 Å². The molecule has 0 aliphatic rings. The van der Waals surface area contributed by atoms with Crippen molar-refractivity contribution in [3.8, 4) is 10.4 Å². The first kappa shape index (κ1) is 13.7. The van der Waals surface area contributed by atoms with Crippen molar-refractivity contribution in [2.45, 2.75) is 0 Å². The van der Waals surface area contributed by atoms with E-state index in [1.807, 2.05) is 48.5 Å². The zero-order chi connectivity index (χ0) is 14.9. The molecule has 0 saturated carbocycles. The van der Waals surface area contributed by atoms with Gasteiger partial charge in [0.1, 0.15) is 0 Å². The minimum absolute atomic E-state index is 0.339. The fraction of sp³-hybridized carbons (Fsp3) is 0. The number of thiazole rings is 2. The molecule has 110 valence electrons. The second kappa shape index (κ2) is 5.68. The van der Waals surface area contributed by atoms with Gasteiger partial charge in [0.25, 0.3) is 10.4 Å². The summed E-state index contributed by atoms with van der Waals surface area (Å²) in [6.07, 6.45) is 0. The molecule has 0 atom stereocenters. The molecule has 0 radical (unpaired) electrons. The number of benzene rings is 2. The Bertz CT molecular complexity index is 838. The molecule has 0 saturated heterocycles. The molecule has 4 rings (SSSR count). The lowest BCUT2D eigenvalue weighted by Crippen LogP contribution is -1.87. The molecular weight excluding hydrogens is 339 g/mol. The highest BCUT2D eigenvalue weighted by Crippen LogP contribution is 2.37. The second-order valence-corrected chi connectivity index (χ2v) is 7.24. The van der Waals surface area contributed by atoms with E-state index < -0.39 is 8.25 Å². The van der Waals surface area contributed by atoms with Crippen molar-refractivity contribution in [3.63, 3.8) is 0 Å². The quantitative estimate of drug-likeness (QED) is 0.498. The summed E-state index contributed by atoms with van der Waals surface area (Å²) in [6.45, 7) is 0. The molecule has 4 aromatic rings. The van der Waals surface area contributed by atoms with Gasteiger partial charge < -0.3 is 9.05 Å². The lowest BCUT2D eigenvalue weighted by atomic mass is 10.3. The van der Waals surface area contributed by atoms with E-state index in [1.54, 1.807) is 0 Å². The van der Waals surface area contributed by atoms with Crippen LogP contribution in [0.25, 0.3) is 20.4 Å². The zero-order valence-corrected chi connectivity index (χ0v) is 13.7. The van der Waals surface area contributed by atoms with Crippen LogP contribution in [-0.4, -0.2) is 9.97 Å². The number of hydrogen-bond acceptors (Lipinski definition) is 7. The molecule has 0 aliphatic carbocycles. The van der Waals surface area contributed by atoms with Gasteiger partial charge in [-0.3, -0.25) is 0 Å². The molecule has 5 nitrogen and oxygen atoms in total. The molecule has 0 spiro atoms. The molecule has 0 N–H and O–H groups in total.